The molecule has 0 atom stereocenters. The summed E-state index contributed by atoms with van der Waals surface area (Å²) in [5, 5.41) is 2.55. The highest BCUT2D eigenvalue weighted by atomic mass is 16.6. The largest absolute Gasteiger partial charge is 0.444 e. The van der Waals surface area contributed by atoms with Crippen molar-refractivity contribution in [2.75, 3.05) is 5.32 Å². The second-order valence-electron chi connectivity index (χ2n) is 4.85. The summed E-state index contributed by atoms with van der Waals surface area (Å²) in [6.07, 6.45) is 1.29. The average molecular weight is 250 g/mol. The number of amides is 1. The van der Waals surface area contributed by atoms with Gasteiger partial charge in [0, 0.05) is 12.1 Å². The van der Waals surface area contributed by atoms with Crippen LogP contribution in [0.2, 0.25) is 0 Å². The first kappa shape index (κ1) is 14.2. The van der Waals surface area contributed by atoms with Gasteiger partial charge in [-0.3, -0.25) is 5.32 Å². The van der Waals surface area contributed by atoms with Gasteiger partial charge in [0.15, 0.2) is 0 Å². The molecule has 0 aliphatic carbocycles. The van der Waals surface area contributed by atoms with Crippen LogP contribution in [0, 0.1) is 0 Å². The Labute approximate surface area is 107 Å². The summed E-state index contributed by atoms with van der Waals surface area (Å²) in [5.74, 6) is 0.424. The lowest BCUT2D eigenvalue weighted by Gasteiger charge is -2.19. The van der Waals surface area contributed by atoms with E-state index in [9.17, 15) is 9.59 Å². The molecule has 0 aliphatic rings. The highest BCUT2D eigenvalue weighted by Gasteiger charge is 2.16. The molecule has 0 bridgehead atoms. The Kier molecular flexibility index (Phi) is 4.83. The van der Waals surface area contributed by atoms with Gasteiger partial charge in [0.05, 0.1) is 0 Å². The fourth-order valence-corrected chi connectivity index (χ4v) is 1.30. The van der Waals surface area contributed by atoms with Crippen LogP contribution in [0.5, 0.6) is 0 Å². The van der Waals surface area contributed by atoms with Crippen LogP contribution in [0.3, 0.4) is 0 Å². The molecule has 98 valence electrons. The van der Waals surface area contributed by atoms with Crippen LogP contribution in [0.15, 0.2) is 18.2 Å². The maximum atomic E-state index is 11.5. The zero-order valence-corrected chi connectivity index (χ0v) is 10.9. The SMILES string of the molecule is CC(C)(C)OC(=O)Nc1cccc(CCC=O)n1. The molecule has 0 saturated carbocycles. The number of nitrogens with one attached hydrogen (secondary N) is 1. The second kappa shape index (κ2) is 6.14. The van der Waals surface area contributed by atoms with Gasteiger partial charge < -0.3 is 9.53 Å². The molecular formula is C13H18N2O3. The number of carbonyl (C=O) groups excluding carboxylic acids is 2. The maximum Gasteiger partial charge on any atom is 0.413 e. The van der Waals surface area contributed by atoms with Crippen molar-refractivity contribution in [3.63, 3.8) is 0 Å². The van der Waals surface area contributed by atoms with E-state index in [2.05, 4.69) is 10.3 Å². The van der Waals surface area contributed by atoms with Gasteiger partial charge in [0.1, 0.15) is 17.7 Å². The van der Waals surface area contributed by atoms with Crippen LogP contribution in [-0.2, 0) is 16.0 Å². The molecule has 1 aromatic heterocycles. The molecule has 0 aliphatic heterocycles. The number of hydrogen-bond acceptors (Lipinski definition) is 4. The summed E-state index contributed by atoms with van der Waals surface area (Å²) >= 11 is 0. The Morgan fingerprint density at radius 3 is 2.78 bits per heavy atom. The van der Waals surface area contributed by atoms with E-state index < -0.39 is 11.7 Å². The Morgan fingerprint density at radius 2 is 2.17 bits per heavy atom. The zero-order valence-electron chi connectivity index (χ0n) is 10.9. The normalized spacial score (nSPS) is 10.8. The van der Waals surface area contributed by atoms with E-state index in [0.29, 0.717) is 18.7 Å². The van der Waals surface area contributed by atoms with E-state index in [1.807, 2.05) is 6.07 Å². The quantitative estimate of drug-likeness (QED) is 0.834. The average Bonchev–Trinajstić information content (AvgIpc) is 2.24. The monoisotopic (exact) mass is 250 g/mol. The molecule has 0 aromatic carbocycles. The van der Waals surface area contributed by atoms with Crippen LogP contribution in [0.25, 0.3) is 0 Å². The maximum absolute atomic E-state index is 11.5. The van der Waals surface area contributed by atoms with E-state index in [-0.39, 0.29) is 0 Å². The molecule has 0 spiro atoms. The number of aromatic nitrogens is 1. The van der Waals surface area contributed by atoms with E-state index in [0.717, 1.165) is 12.0 Å². The first-order valence-electron chi connectivity index (χ1n) is 5.80. The van der Waals surface area contributed by atoms with Gasteiger partial charge in [-0.1, -0.05) is 6.07 Å². The number of pyridine rings is 1. The molecule has 0 unspecified atom stereocenters. The number of anilines is 1. The van der Waals surface area contributed by atoms with Crippen molar-refractivity contribution in [3.8, 4) is 0 Å². The highest BCUT2D eigenvalue weighted by Crippen LogP contribution is 2.11. The topological polar surface area (TPSA) is 68.3 Å². The molecule has 5 heteroatoms. The van der Waals surface area contributed by atoms with E-state index in [1.165, 1.54) is 0 Å². The van der Waals surface area contributed by atoms with E-state index >= 15 is 0 Å². The third kappa shape index (κ3) is 5.43. The summed E-state index contributed by atoms with van der Waals surface area (Å²) in [6, 6.07) is 5.26. The third-order valence-electron chi connectivity index (χ3n) is 1.95. The third-order valence-corrected chi connectivity index (χ3v) is 1.95. The van der Waals surface area contributed by atoms with Gasteiger partial charge in [-0.2, -0.15) is 0 Å². The lowest BCUT2D eigenvalue weighted by molar-refractivity contribution is -0.107. The van der Waals surface area contributed by atoms with Crippen molar-refractivity contribution in [2.24, 2.45) is 0 Å². The summed E-state index contributed by atoms with van der Waals surface area (Å²) in [7, 11) is 0. The van der Waals surface area contributed by atoms with Crippen LogP contribution in [0.4, 0.5) is 10.6 Å². The predicted molar refractivity (Wildman–Crippen MR) is 68.5 cm³/mol. The van der Waals surface area contributed by atoms with Crippen molar-refractivity contribution >= 4 is 18.2 Å². The molecule has 1 N–H and O–H groups in total. The van der Waals surface area contributed by atoms with Gasteiger partial charge in [0.25, 0.3) is 0 Å². The molecule has 0 fully saturated rings. The van der Waals surface area contributed by atoms with E-state index in [4.69, 9.17) is 4.74 Å². The molecule has 0 radical (unpaired) electrons. The summed E-state index contributed by atoms with van der Waals surface area (Å²) < 4.78 is 5.12. The number of aryl methyl sites for hydroxylation is 1. The number of aldehydes is 1. The number of rotatable bonds is 4. The van der Waals surface area contributed by atoms with Gasteiger partial charge >= 0.3 is 6.09 Å². The Hall–Kier alpha value is -1.91. The fraction of sp³-hybridized carbons (Fsp3) is 0.462. The molecule has 1 amide bonds. The van der Waals surface area contributed by atoms with E-state index in [1.54, 1.807) is 32.9 Å². The zero-order chi connectivity index (χ0) is 13.6. The number of nitrogens with zero attached hydrogens (tertiary/aromatic N) is 1. The van der Waals surface area contributed by atoms with Gasteiger partial charge in [-0.05, 0) is 39.3 Å². The highest BCUT2D eigenvalue weighted by molar-refractivity contribution is 5.83. The molecule has 5 nitrogen and oxygen atoms in total. The predicted octanol–water partition coefficient (Wildman–Crippen LogP) is 2.56. The van der Waals surface area contributed by atoms with Crippen LogP contribution in [0.1, 0.15) is 32.9 Å². The number of carbonyl (C=O) groups is 2. The summed E-state index contributed by atoms with van der Waals surface area (Å²) in [4.78, 5) is 26.0. The number of hydrogen-bond donors (Lipinski definition) is 1. The van der Waals surface area contributed by atoms with Crippen LogP contribution < -0.4 is 5.32 Å². The fourth-order valence-electron chi connectivity index (χ4n) is 1.30. The Morgan fingerprint density at radius 1 is 1.44 bits per heavy atom. The molecule has 0 saturated heterocycles. The van der Waals surface area contributed by atoms with Crippen LogP contribution in [-0.4, -0.2) is 23.0 Å². The number of ether oxygens (including phenoxy) is 1. The molecule has 18 heavy (non-hydrogen) atoms. The summed E-state index contributed by atoms with van der Waals surface area (Å²) in [6.45, 7) is 5.38. The van der Waals surface area contributed by atoms with Crippen molar-refractivity contribution < 1.29 is 14.3 Å². The first-order valence-corrected chi connectivity index (χ1v) is 5.80. The van der Waals surface area contributed by atoms with Gasteiger partial charge in [-0.15, -0.1) is 0 Å². The lowest BCUT2D eigenvalue weighted by atomic mass is 10.2. The van der Waals surface area contributed by atoms with Crippen molar-refractivity contribution in [3.05, 3.63) is 23.9 Å². The van der Waals surface area contributed by atoms with Gasteiger partial charge in [0.2, 0.25) is 0 Å². The molecule has 1 rings (SSSR count). The minimum atomic E-state index is -0.542. The molecule has 1 aromatic rings. The lowest BCUT2D eigenvalue weighted by Crippen LogP contribution is -2.27. The van der Waals surface area contributed by atoms with Crippen molar-refractivity contribution in [1.82, 2.24) is 4.98 Å². The van der Waals surface area contributed by atoms with Crippen molar-refractivity contribution in [1.29, 1.82) is 0 Å². The minimum Gasteiger partial charge on any atom is -0.444 e. The smallest absolute Gasteiger partial charge is 0.413 e. The van der Waals surface area contributed by atoms with Crippen molar-refractivity contribution in [2.45, 2.75) is 39.2 Å². The van der Waals surface area contributed by atoms with Gasteiger partial charge in [-0.25, -0.2) is 9.78 Å². The molecule has 1 heterocycles. The second-order valence-corrected chi connectivity index (χ2v) is 4.85. The minimum absolute atomic E-state index is 0.420. The molecular weight excluding hydrogens is 232 g/mol. The summed E-state index contributed by atoms with van der Waals surface area (Å²) in [5.41, 5.74) is 0.217. The Bertz CT molecular complexity index is 424. The first-order chi connectivity index (χ1) is 8.40. The van der Waals surface area contributed by atoms with Crippen LogP contribution >= 0.6 is 0 Å². The Balaban J connectivity index is 2.61. The standard InChI is InChI=1S/C13H18N2O3/c1-13(2,3)18-12(17)15-11-8-4-6-10(14-11)7-5-9-16/h4,6,8-9H,5,7H2,1-3H3,(H,14,15,17).